The molecular weight excluding hydrogens is 236 g/mol. The molecule has 1 aliphatic carbocycles. The van der Waals surface area contributed by atoms with Gasteiger partial charge in [0, 0.05) is 19.0 Å². The lowest BCUT2D eigenvalue weighted by molar-refractivity contribution is -0.148. The standard InChI is InChI=1S/C12H20N2O4/c1-8(15)9-3-6-14(7-9)11(18)13-12(10(16)17)4-2-5-12/h8-9,15H,2-7H2,1H3,(H,13,18)(H,16,17). The Hall–Kier alpha value is -1.30. The SMILES string of the molecule is CC(O)C1CCN(C(=O)NC2(C(=O)O)CCC2)C1. The van der Waals surface area contributed by atoms with Crippen LogP contribution in [0, 0.1) is 5.92 Å². The number of carbonyl (C=O) groups excluding carboxylic acids is 1. The summed E-state index contributed by atoms with van der Waals surface area (Å²) in [5.41, 5.74) is -1.06. The second-order valence-corrected chi connectivity index (χ2v) is 5.41. The van der Waals surface area contributed by atoms with Gasteiger partial charge >= 0.3 is 12.0 Å². The van der Waals surface area contributed by atoms with Crippen molar-refractivity contribution in [2.24, 2.45) is 5.92 Å². The zero-order chi connectivity index (χ0) is 13.3. The van der Waals surface area contributed by atoms with E-state index >= 15 is 0 Å². The molecule has 1 saturated heterocycles. The van der Waals surface area contributed by atoms with Gasteiger partial charge in [0.2, 0.25) is 0 Å². The first-order valence-corrected chi connectivity index (χ1v) is 6.43. The monoisotopic (exact) mass is 256 g/mol. The Morgan fingerprint density at radius 3 is 2.50 bits per heavy atom. The number of nitrogens with zero attached hydrogens (tertiary/aromatic N) is 1. The molecule has 1 aliphatic heterocycles. The van der Waals surface area contributed by atoms with E-state index in [1.165, 1.54) is 0 Å². The van der Waals surface area contributed by atoms with Crippen LogP contribution in [0.25, 0.3) is 0 Å². The number of carboxylic acids is 1. The first-order valence-electron chi connectivity index (χ1n) is 6.43. The number of hydrogen-bond acceptors (Lipinski definition) is 3. The molecule has 0 aromatic carbocycles. The largest absolute Gasteiger partial charge is 0.480 e. The average molecular weight is 256 g/mol. The van der Waals surface area contributed by atoms with Crippen LogP contribution in [0.4, 0.5) is 4.79 Å². The third-order valence-corrected chi connectivity index (χ3v) is 4.16. The Morgan fingerprint density at radius 1 is 1.44 bits per heavy atom. The molecule has 1 heterocycles. The van der Waals surface area contributed by atoms with E-state index in [0.717, 1.165) is 12.8 Å². The number of aliphatic hydroxyl groups is 1. The fourth-order valence-corrected chi connectivity index (χ4v) is 2.57. The van der Waals surface area contributed by atoms with Gasteiger partial charge in [0.05, 0.1) is 6.10 Å². The highest BCUT2D eigenvalue weighted by molar-refractivity contribution is 5.87. The normalized spacial score (nSPS) is 27.4. The molecule has 0 bridgehead atoms. The summed E-state index contributed by atoms with van der Waals surface area (Å²) in [6.07, 6.45) is 2.18. The molecule has 3 N–H and O–H groups in total. The fraction of sp³-hybridized carbons (Fsp3) is 0.833. The number of rotatable bonds is 3. The van der Waals surface area contributed by atoms with Crippen molar-refractivity contribution in [2.75, 3.05) is 13.1 Å². The second kappa shape index (κ2) is 4.76. The molecule has 2 aliphatic rings. The fourth-order valence-electron chi connectivity index (χ4n) is 2.57. The summed E-state index contributed by atoms with van der Waals surface area (Å²) < 4.78 is 0. The van der Waals surface area contributed by atoms with Crippen molar-refractivity contribution >= 4 is 12.0 Å². The molecule has 18 heavy (non-hydrogen) atoms. The minimum atomic E-state index is -1.06. The predicted molar refractivity (Wildman–Crippen MR) is 64.1 cm³/mol. The molecule has 0 aromatic rings. The van der Waals surface area contributed by atoms with Crippen LogP contribution in [-0.2, 0) is 4.79 Å². The quantitative estimate of drug-likeness (QED) is 0.682. The Morgan fingerprint density at radius 2 is 2.11 bits per heavy atom. The van der Waals surface area contributed by atoms with Gasteiger partial charge in [-0.2, -0.15) is 0 Å². The van der Waals surface area contributed by atoms with E-state index < -0.39 is 17.6 Å². The summed E-state index contributed by atoms with van der Waals surface area (Å²) >= 11 is 0. The van der Waals surface area contributed by atoms with Crippen LogP contribution in [0.1, 0.15) is 32.6 Å². The molecule has 2 unspecified atom stereocenters. The first-order chi connectivity index (χ1) is 8.44. The average Bonchev–Trinajstić information content (AvgIpc) is 2.71. The van der Waals surface area contributed by atoms with Gasteiger partial charge in [0.1, 0.15) is 5.54 Å². The number of amides is 2. The van der Waals surface area contributed by atoms with Gasteiger partial charge in [0.15, 0.2) is 0 Å². The second-order valence-electron chi connectivity index (χ2n) is 5.41. The lowest BCUT2D eigenvalue weighted by Gasteiger charge is -2.39. The molecular formula is C12H20N2O4. The first kappa shape index (κ1) is 13.1. The minimum Gasteiger partial charge on any atom is -0.480 e. The number of carboxylic acid groups (broad SMARTS) is 1. The predicted octanol–water partition coefficient (Wildman–Crippen LogP) is 0.406. The van der Waals surface area contributed by atoms with Crippen LogP contribution in [-0.4, -0.2) is 51.8 Å². The van der Waals surface area contributed by atoms with Crippen molar-refractivity contribution < 1.29 is 19.8 Å². The lowest BCUT2D eigenvalue weighted by Crippen LogP contribution is -2.61. The zero-order valence-corrected chi connectivity index (χ0v) is 10.6. The van der Waals surface area contributed by atoms with Crippen molar-refractivity contribution in [3.63, 3.8) is 0 Å². The number of urea groups is 1. The highest BCUT2D eigenvalue weighted by Gasteiger charge is 2.46. The van der Waals surface area contributed by atoms with E-state index in [1.807, 2.05) is 0 Å². The lowest BCUT2D eigenvalue weighted by atomic mass is 9.77. The molecule has 2 amide bonds. The number of hydrogen-bond donors (Lipinski definition) is 3. The zero-order valence-electron chi connectivity index (χ0n) is 10.6. The molecule has 2 fully saturated rings. The Bertz CT molecular complexity index is 352. The Kier molecular flexibility index (Phi) is 3.47. The molecule has 0 radical (unpaired) electrons. The van der Waals surface area contributed by atoms with Crippen molar-refractivity contribution in [3.05, 3.63) is 0 Å². The van der Waals surface area contributed by atoms with Gasteiger partial charge < -0.3 is 20.4 Å². The highest BCUT2D eigenvalue weighted by Crippen LogP contribution is 2.32. The van der Waals surface area contributed by atoms with E-state index in [-0.39, 0.29) is 11.9 Å². The van der Waals surface area contributed by atoms with Gasteiger partial charge in [0.25, 0.3) is 0 Å². The topological polar surface area (TPSA) is 89.9 Å². The minimum absolute atomic E-state index is 0.0953. The molecule has 6 nitrogen and oxygen atoms in total. The maximum absolute atomic E-state index is 12.0. The molecule has 102 valence electrons. The summed E-state index contributed by atoms with van der Waals surface area (Å²) in [6.45, 7) is 2.80. The van der Waals surface area contributed by atoms with Crippen LogP contribution >= 0.6 is 0 Å². The van der Waals surface area contributed by atoms with Gasteiger partial charge in [-0.15, -0.1) is 0 Å². The summed E-state index contributed by atoms with van der Waals surface area (Å²) in [6, 6.07) is -0.319. The summed E-state index contributed by atoms with van der Waals surface area (Å²) in [5, 5.41) is 21.3. The highest BCUT2D eigenvalue weighted by atomic mass is 16.4. The summed E-state index contributed by atoms with van der Waals surface area (Å²) in [7, 11) is 0. The van der Waals surface area contributed by atoms with Crippen molar-refractivity contribution in [2.45, 2.75) is 44.2 Å². The van der Waals surface area contributed by atoms with E-state index in [0.29, 0.717) is 25.9 Å². The van der Waals surface area contributed by atoms with Crippen LogP contribution in [0.15, 0.2) is 0 Å². The van der Waals surface area contributed by atoms with Crippen LogP contribution < -0.4 is 5.32 Å². The molecule has 0 aromatic heterocycles. The number of carbonyl (C=O) groups is 2. The smallest absolute Gasteiger partial charge is 0.329 e. The molecule has 2 atom stereocenters. The molecule has 6 heteroatoms. The van der Waals surface area contributed by atoms with Gasteiger partial charge in [-0.05, 0) is 32.6 Å². The molecule has 1 saturated carbocycles. The Balaban J connectivity index is 1.91. The van der Waals surface area contributed by atoms with Crippen LogP contribution in [0.5, 0.6) is 0 Å². The molecule has 2 rings (SSSR count). The summed E-state index contributed by atoms with van der Waals surface area (Å²) in [4.78, 5) is 24.7. The van der Waals surface area contributed by atoms with Crippen LogP contribution in [0.3, 0.4) is 0 Å². The van der Waals surface area contributed by atoms with E-state index in [1.54, 1.807) is 11.8 Å². The maximum atomic E-state index is 12.0. The van der Waals surface area contributed by atoms with E-state index in [9.17, 15) is 14.7 Å². The maximum Gasteiger partial charge on any atom is 0.329 e. The van der Waals surface area contributed by atoms with Gasteiger partial charge in [-0.25, -0.2) is 9.59 Å². The third-order valence-electron chi connectivity index (χ3n) is 4.16. The van der Waals surface area contributed by atoms with E-state index in [2.05, 4.69) is 5.32 Å². The Labute approximate surface area is 106 Å². The number of aliphatic hydroxyl groups excluding tert-OH is 1. The van der Waals surface area contributed by atoms with Gasteiger partial charge in [-0.1, -0.05) is 0 Å². The van der Waals surface area contributed by atoms with Crippen molar-refractivity contribution in [1.82, 2.24) is 10.2 Å². The molecule has 0 spiro atoms. The number of likely N-dealkylation sites (tertiary alicyclic amines) is 1. The number of aliphatic carboxylic acids is 1. The van der Waals surface area contributed by atoms with Crippen molar-refractivity contribution in [3.8, 4) is 0 Å². The number of nitrogens with one attached hydrogen (secondary N) is 1. The van der Waals surface area contributed by atoms with Gasteiger partial charge in [-0.3, -0.25) is 0 Å². The van der Waals surface area contributed by atoms with E-state index in [4.69, 9.17) is 5.11 Å². The third kappa shape index (κ3) is 2.29. The van der Waals surface area contributed by atoms with Crippen LogP contribution in [0.2, 0.25) is 0 Å². The van der Waals surface area contributed by atoms with Crippen molar-refractivity contribution in [1.29, 1.82) is 0 Å². The summed E-state index contributed by atoms with van der Waals surface area (Å²) in [5.74, 6) is -0.855.